The number of aryl methyl sites for hydroxylation is 1. The van der Waals surface area contributed by atoms with Gasteiger partial charge in [-0.2, -0.15) is 0 Å². The Balaban J connectivity index is 2.37. The maximum absolute atomic E-state index is 12.3. The van der Waals surface area contributed by atoms with Crippen LogP contribution in [-0.2, 0) is 4.79 Å². The van der Waals surface area contributed by atoms with Crippen LogP contribution in [0.2, 0.25) is 0 Å². The fourth-order valence-electron chi connectivity index (χ4n) is 3.18. The Labute approximate surface area is 171 Å². The van der Waals surface area contributed by atoms with Crippen LogP contribution in [0, 0.1) is 19.3 Å². The smallest absolute Gasteiger partial charge is 0.339 e. The Hall–Kier alpha value is -2.56. The van der Waals surface area contributed by atoms with Crippen LogP contribution in [0.1, 0.15) is 65.2 Å². The van der Waals surface area contributed by atoms with Crippen LogP contribution in [0.3, 0.4) is 0 Å². The van der Waals surface area contributed by atoms with E-state index in [0.717, 1.165) is 28.4 Å². The van der Waals surface area contributed by atoms with Crippen LogP contribution < -0.4 is 15.1 Å². The summed E-state index contributed by atoms with van der Waals surface area (Å²) in [6.45, 7) is 17.1. The Morgan fingerprint density at radius 1 is 1.07 bits per heavy atom. The van der Waals surface area contributed by atoms with Gasteiger partial charge in [0.1, 0.15) is 34.6 Å². The minimum atomic E-state index is -0.801. The van der Waals surface area contributed by atoms with Gasteiger partial charge < -0.3 is 18.7 Å². The summed E-state index contributed by atoms with van der Waals surface area (Å²) >= 11 is 0. The van der Waals surface area contributed by atoms with E-state index in [1.54, 1.807) is 13.0 Å². The number of ether oxygens (including phenoxy) is 2. The molecule has 29 heavy (non-hydrogen) atoms. The number of fused-ring (bicyclic) bond motifs is 3. The Morgan fingerprint density at radius 2 is 1.69 bits per heavy atom. The lowest BCUT2D eigenvalue weighted by Gasteiger charge is -2.39. The van der Waals surface area contributed by atoms with Gasteiger partial charge in [0.05, 0.1) is 16.4 Å². The molecule has 1 aliphatic rings. The van der Waals surface area contributed by atoms with Crippen molar-refractivity contribution >= 4 is 23.3 Å². The Kier molecular flexibility index (Phi) is 4.72. The van der Waals surface area contributed by atoms with Crippen LogP contribution in [0.4, 0.5) is 0 Å². The number of aldehydes is 1. The van der Waals surface area contributed by atoms with Crippen molar-refractivity contribution < 1.29 is 18.7 Å². The summed E-state index contributed by atoms with van der Waals surface area (Å²) in [6, 6.07) is 1.73. The van der Waals surface area contributed by atoms with Gasteiger partial charge in [-0.15, -0.1) is 0 Å². The van der Waals surface area contributed by atoms with Crippen molar-refractivity contribution in [2.24, 2.45) is 5.41 Å². The summed E-state index contributed by atoms with van der Waals surface area (Å²) in [6.07, 6.45) is 2.95. The molecule has 1 aromatic heterocycles. The molecule has 1 aromatic carbocycles. The zero-order chi connectivity index (χ0) is 21.9. The summed E-state index contributed by atoms with van der Waals surface area (Å²) < 4.78 is 18.4. The number of carbonyl (C=O) groups excluding carboxylic acids is 1. The van der Waals surface area contributed by atoms with Crippen molar-refractivity contribution in [3.63, 3.8) is 0 Å². The van der Waals surface area contributed by atoms with Gasteiger partial charge in [0.25, 0.3) is 0 Å². The summed E-state index contributed by atoms with van der Waals surface area (Å²) in [5, 5.41) is 0.772. The van der Waals surface area contributed by atoms with Crippen LogP contribution in [0.25, 0.3) is 17.0 Å². The van der Waals surface area contributed by atoms with Crippen molar-refractivity contribution in [2.75, 3.05) is 0 Å². The highest BCUT2D eigenvalue weighted by Crippen LogP contribution is 2.47. The second-order valence-electron chi connectivity index (χ2n) is 9.52. The topological polar surface area (TPSA) is 65.7 Å². The van der Waals surface area contributed by atoms with E-state index >= 15 is 0 Å². The minimum Gasteiger partial charge on any atom is -0.486 e. The highest BCUT2D eigenvalue weighted by atomic mass is 16.5. The molecule has 0 unspecified atom stereocenters. The van der Waals surface area contributed by atoms with Crippen LogP contribution in [0.15, 0.2) is 20.9 Å². The molecule has 2 aromatic rings. The van der Waals surface area contributed by atoms with E-state index in [9.17, 15) is 9.59 Å². The highest BCUT2D eigenvalue weighted by Gasteiger charge is 2.41. The predicted octanol–water partition coefficient (Wildman–Crippen LogP) is 5.37. The van der Waals surface area contributed by atoms with Gasteiger partial charge in [-0.25, -0.2) is 4.79 Å². The molecular formula is C24H30O5. The summed E-state index contributed by atoms with van der Waals surface area (Å²) in [7, 11) is 0. The lowest BCUT2D eigenvalue weighted by molar-refractivity contribution is -0.124. The van der Waals surface area contributed by atoms with E-state index in [1.807, 2.05) is 55.4 Å². The molecular weight excluding hydrogens is 368 g/mol. The maximum Gasteiger partial charge on any atom is 0.339 e. The largest absolute Gasteiger partial charge is 0.486 e. The lowest BCUT2D eigenvalue weighted by atomic mass is 9.78. The molecule has 3 rings (SSSR count). The van der Waals surface area contributed by atoms with E-state index in [2.05, 4.69) is 6.08 Å². The third kappa shape index (κ3) is 3.26. The standard InChI is InChI=1S/C24H30O5/c1-13-10-16-17(28-24(8,9)22(4,5)12-25)11-18-19(20(16)29-23(13,6)7)14(2)15(3)21(26)27-18/h10-12H,1-9H3. The fourth-order valence-corrected chi connectivity index (χ4v) is 3.18. The maximum atomic E-state index is 12.3. The van der Waals surface area contributed by atoms with E-state index in [0.29, 0.717) is 22.6 Å². The van der Waals surface area contributed by atoms with Gasteiger partial charge in [0, 0.05) is 11.6 Å². The van der Waals surface area contributed by atoms with Crippen molar-refractivity contribution in [1.82, 2.24) is 0 Å². The normalized spacial score (nSPS) is 16.1. The summed E-state index contributed by atoms with van der Waals surface area (Å²) in [5.74, 6) is 1.16. The third-order valence-corrected chi connectivity index (χ3v) is 6.57. The first-order chi connectivity index (χ1) is 13.2. The first-order valence-electron chi connectivity index (χ1n) is 9.86. The molecule has 0 atom stereocenters. The predicted molar refractivity (Wildman–Crippen MR) is 115 cm³/mol. The number of benzene rings is 1. The number of rotatable bonds is 4. The fraction of sp³-hybridized carbons (Fsp3) is 0.500. The van der Waals surface area contributed by atoms with Crippen LogP contribution in [-0.4, -0.2) is 17.5 Å². The molecule has 5 heteroatoms. The first kappa shape index (κ1) is 21.2. The zero-order valence-electron chi connectivity index (χ0n) is 18.8. The molecule has 0 saturated carbocycles. The van der Waals surface area contributed by atoms with Crippen molar-refractivity contribution in [2.45, 2.75) is 73.5 Å². The quantitative estimate of drug-likeness (QED) is 0.512. The van der Waals surface area contributed by atoms with E-state index in [-0.39, 0.29) is 5.63 Å². The second-order valence-corrected chi connectivity index (χ2v) is 9.52. The minimum absolute atomic E-state index is 0.379. The van der Waals surface area contributed by atoms with Crippen molar-refractivity contribution in [3.8, 4) is 11.5 Å². The number of carbonyl (C=O) groups is 1. The third-order valence-electron chi connectivity index (χ3n) is 6.57. The Bertz CT molecular complexity index is 1100. The Morgan fingerprint density at radius 3 is 2.28 bits per heavy atom. The molecule has 1 aliphatic heterocycles. The van der Waals surface area contributed by atoms with E-state index < -0.39 is 16.6 Å². The highest BCUT2D eigenvalue weighted by molar-refractivity contribution is 5.94. The number of hydrogen-bond acceptors (Lipinski definition) is 5. The van der Waals surface area contributed by atoms with Gasteiger partial charge >= 0.3 is 5.63 Å². The molecule has 0 radical (unpaired) electrons. The van der Waals surface area contributed by atoms with Crippen LogP contribution in [0.5, 0.6) is 11.5 Å². The van der Waals surface area contributed by atoms with Crippen LogP contribution >= 0.6 is 0 Å². The molecule has 0 fully saturated rings. The average Bonchev–Trinajstić information content (AvgIpc) is 2.60. The van der Waals surface area contributed by atoms with Crippen molar-refractivity contribution in [3.05, 3.63) is 38.7 Å². The second kappa shape index (κ2) is 6.48. The molecule has 0 N–H and O–H groups in total. The molecule has 0 aliphatic carbocycles. The summed E-state index contributed by atoms with van der Waals surface area (Å²) in [5.41, 5.74) is 1.22. The molecule has 0 bridgehead atoms. The number of hydrogen-bond donors (Lipinski definition) is 0. The van der Waals surface area contributed by atoms with Gasteiger partial charge in [0.2, 0.25) is 0 Å². The molecule has 0 spiro atoms. The first-order valence-corrected chi connectivity index (χ1v) is 9.86. The van der Waals surface area contributed by atoms with E-state index in [4.69, 9.17) is 13.9 Å². The molecule has 0 saturated heterocycles. The molecule has 156 valence electrons. The van der Waals surface area contributed by atoms with E-state index in [1.165, 1.54) is 0 Å². The average molecular weight is 398 g/mol. The van der Waals surface area contributed by atoms with Gasteiger partial charge in [-0.05, 0) is 79.5 Å². The van der Waals surface area contributed by atoms with Gasteiger partial charge in [-0.3, -0.25) is 0 Å². The van der Waals surface area contributed by atoms with Gasteiger partial charge in [-0.1, -0.05) is 0 Å². The molecule has 5 nitrogen and oxygen atoms in total. The molecule has 2 heterocycles. The molecule has 0 amide bonds. The van der Waals surface area contributed by atoms with Gasteiger partial charge in [0.15, 0.2) is 0 Å². The zero-order valence-corrected chi connectivity index (χ0v) is 18.8. The monoisotopic (exact) mass is 398 g/mol. The lowest BCUT2D eigenvalue weighted by Crippen LogP contribution is -2.45. The SMILES string of the molecule is CC1=Cc2c(OC(C)(C)C(C)(C)C=O)cc3oc(=O)c(C)c(C)c3c2OC1(C)C. The van der Waals surface area contributed by atoms with Crippen molar-refractivity contribution in [1.29, 1.82) is 0 Å². The summed E-state index contributed by atoms with van der Waals surface area (Å²) in [4.78, 5) is 23.9.